The zero-order chi connectivity index (χ0) is 22.8. The smallest absolute Gasteiger partial charge is 0.338 e. The fourth-order valence-corrected chi connectivity index (χ4v) is 4.88. The number of carbonyl (C=O) groups excluding carboxylic acids is 2. The summed E-state index contributed by atoms with van der Waals surface area (Å²) in [7, 11) is -1.36. The highest BCUT2D eigenvalue weighted by Crippen LogP contribution is 2.31. The Hall–Kier alpha value is -3.04. The van der Waals surface area contributed by atoms with Crippen LogP contribution < -0.4 is 15.4 Å². The zero-order valence-electron chi connectivity index (χ0n) is 17.1. The number of rotatable bonds is 6. The van der Waals surface area contributed by atoms with Crippen molar-refractivity contribution in [3.8, 4) is 5.75 Å². The first kappa shape index (κ1) is 22.6. The van der Waals surface area contributed by atoms with E-state index in [1.807, 2.05) is 19.1 Å². The van der Waals surface area contributed by atoms with Gasteiger partial charge >= 0.3 is 12.0 Å². The second kappa shape index (κ2) is 8.99. The molecule has 2 amide bonds. The molecule has 0 aliphatic carbocycles. The van der Waals surface area contributed by atoms with E-state index in [1.165, 1.54) is 32.4 Å². The van der Waals surface area contributed by atoms with E-state index in [4.69, 9.17) is 21.1 Å². The molecule has 0 saturated heterocycles. The molecule has 8 nitrogen and oxygen atoms in total. The number of nitrogens with one attached hydrogen (secondary N) is 2. The Labute approximate surface area is 185 Å². The third-order valence-corrected chi connectivity index (χ3v) is 6.72. The van der Waals surface area contributed by atoms with E-state index >= 15 is 0 Å². The summed E-state index contributed by atoms with van der Waals surface area (Å²) in [5, 5.41) is 5.23. The Kier molecular flexibility index (Phi) is 6.56. The lowest BCUT2D eigenvalue weighted by Gasteiger charge is -2.29. The number of ether oxygens (including phenoxy) is 2. The van der Waals surface area contributed by atoms with Gasteiger partial charge in [-0.05, 0) is 30.7 Å². The van der Waals surface area contributed by atoms with Crippen LogP contribution in [0.15, 0.2) is 58.6 Å². The third-order valence-electron chi connectivity index (χ3n) is 4.79. The van der Waals surface area contributed by atoms with Crippen LogP contribution in [0.5, 0.6) is 5.75 Å². The van der Waals surface area contributed by atoms with E-state index in [0.717, 1.165) is 5.56 Å². The number of sulfone groups is 1. The summed E-state index contributed by atoms with van der Waals surface area (Å²) in [5.74, 6) is -1.06. The molecule has 1 heterocycles. The fraction of sp³-hybridized carbons (Fsp3) is 0.238. The van der Waals surface area contributed by atoms with Crippen LogP contribution in [0.3, 0.4) is 0 Å². The quantitative estimate of drug-likeness (QED) is 0.636. The molecule has 2 aromatic carbocycles. The maximum atomic E-state index is 13.0. The van der Waals surface area contributed by atoms with Crippen LogP contribution in [-0.4, -0.2) is 40.4 Å². The Bertz CT molecular complexity index is 1160. The lowest BCUT2D eigenvalue weighted by molar-refractivity contribution is -0.136. The van der Waals surface area contributed by atoms with E-state index in [-0.39, 0.29) is 21.2 Å². The largest absolute Gasteiger partial charge is 0.495 e. The van der Waals surface area contributed by atoms with Gasteiger partial charge in [0, 0.05) is 5.70 Å². The summed E-state index contributed by atoms with van der Waals surface area (Å²) in [4.78, 5) is 24.8. The minimum absolute atomic E-state index is 0.00846. The van der Waals surface area contributed by atoms with E-state index in [0.29, 0.717) is 11.3 Å². The molecular weight excluding hydrogens is 444 g/mol. The summed E-state index contributed by atoms with van der Waals surface area (Å²) >= 11 is 6.06. The minimum Gasteiger partial charge on any atom is -0.495 e. The van der Waals surface area contributed by atoms with Gasteiger partial charge in [0.05, 0.1) is 41.5 Å². The van der Waals surface area contributed by atoms with Crippen LogP contribution in [0, 0.1) is 6.92 Å². The standard InChI is InChI=1S/C21H21ClN2O6S/c1-12-4-6-13(7-5-12)19-18(20(25)30-3)16(23-21(26)24-19)11-31(27,28)14-8-9-17(29-2)15(22)10-14/h4-10,19H,11H2,1-3H3,(H2,23,24,26)/t19-/m0/s1. The Morgan fingerprint density at radius 2 is 1.81 bits per heavy atom. The second-order valence-corrected chi connectivity index (χ2v) is 9.28. The molecule has 3 rings (SSSR count). The zero-order valence-corrected chi connectivity index (χ0v) is 18.6. The van der Waals surface area contributed by atoms with E-state index in [1.54, 1.807) is 12.1 Å². The van der Waals surface area contributed by atoms with Crippen molar-refractivity contribution in [2.45, 2.75) is 17.9 Å². The van der Waals surface area contributed by atoms with Crippen molar-refractivity contribution < 1.29 is 27.5 Å². The Morgan fingerprint density at radius 1 is 1.13 bits per heavy atom. The first-order valence-electron chi connectivity index (χ1n) is 9.18. The summed E-state index contributed by atoms with van der Waals surface area (Å²) in [5.41, 5.74) is 1.55. The molecule has 31 heavy (non-hydrogen) atoms. The van der Waals surface area contributed by atoms with E-state index in [2.05, 4.69) is 10.6 Å². The number of amides is 2. The highest BCUT2D eigenvalue weighted by Gasteiger charge is 2.35. The third kappa shape index (κ3) is 4.83. The van der Waals surface area contributed by atoms with Crippen LogP contribution >= 0.6 is 11.6 Å². The molecule has 0 aromatic heterocycles. The maximum Gasteiger partial charge on any atom is 0.338 e. The number of hydrogen-bond acceptors (Lipinski definition) is 6. The van der Waals surface area contributed by atoms with Gasteiger partial charge in [-0.3, -0.25) is 0 Å². The van der Waals surface area contributed by atoms with Gasteiger partial charge in [-0.1, -0.05) is 41.4 Å². The molecule has 1 aliphatic rings. The minimum atomic E-state index is -3.97. The predicted molar refractivity (Wildman–Crippen MR) is 115 cm³/mol. The number of halogens is 1. The topological polar surface area (TPSA) is 111 Å². The van der Waals surface area contributed by atoms with Crippen LogP contribution in [0.25, 0.3) is 0 Å². The molecule has 10 heteroatoms. The second-order valence-electron chi connectivity index (χ2n) is 6.88. The molecular formula is C21H21ClN2O6S. The molecule has 0 fully saturated rings. The molecule has 2 aromatic rings. The van der Waals surface area contributed by atoms with Crippen molar-refractivity contribution in [3.63, 3.8) is 0 Å². The number of urea groups is 1. The van der Waals surface area contributed by atoms with Gasteiger partial charge in [0.1, 0.15) is 5.75 Å². The normalized spacial score (nSPS) is 16.4. The molecule has 0 spiro atoms. The first-order valence-corrected chi connectivity index (χ1v) is 11.2. The molecule has 0 radical (unpaired) electrons. The SMILES string of the molecule is COC(=O)C1=C(CS(=O)(=O)c2ccc(OC)c(Cl)c2)NC(=O)N[C@H]1c1ccc(C)cc1. The van der Waals surface area contributed by atoms with Crippen molar-refractivity contribution in [1.29, 1.82) is 0 Å². The molecule has 1 atom stereocenters. The molecule has 0 saturated carbocycles. The molecule has 0 unspecified atom stereocenters. The van der Waals surface area contributed by atoms with Crippen molar-refractivity contribution in [2.24, 2.45) is 0 Å². The van der Waals surface area contributed by atoms with E-state index in [9.17, 15) is 18.0 Å². The first-order chi connectivity index (χ1) is 14.7. The van der Waals surface area contributed by atoms with Gasteiger partial charge in [0.2, 0.25) is 0 Å². The predicted octanol–water partition coefficient (Wildman–Crippen LogP) is 2.91. The Balaban J connectivity index is 2.08. The highest BCUT2D eigenvalue weighted by molar-refractivity contribution is 7.91. The molecule has 2 N–H and O–H groups in total. The van der Waals surface area contributed by atoms with Gasteiger partial charge in [-0.25, -0.2) is 18.0 Å². The number of benzene rings is 2. The van der Waals surface area contributed by atoms with Gasteiger partial charge in [-0.2, -0.15) is 0 Å². The number of esters is 1. The number of hydrogen-bond donors (Lipinski definition) is 2. The van der Waals surface area contributed by atoms with Crippen molar-refractivity contribution in [2.75, 3.05) is 20.0 Å². The van der Waals surface area contributed by atoms with Crippen LogP contribution in [0.2, 0.25) is 5.02 Å². The van der Waals surface area contributed by atoms with E-state index < -0.39 is 33.6 Å². The van der Waals surface area contributed by atoms with Gasteiger partial charge in [-0.15, -0.1) is 0 Å². The average molecular weight is 465 g/mol. The van der Waals surface area contributed by atoms with Gasteiger partial charge in [0.25, 0.3) is 0 Å². The number of methoxy groups -OCH3 is 2. The van der Waals surface area contributed by atoms with Crippen LogP contribution in [-0.2, 0) is 19.4 Å². The van der Waals surface area contributed by atoms with Crippen molar-refractivity contribution in [1.82, 2.24) is 10.6 Å². The average Bonchev–Trinajstić information content (AvgIpc) is 2.73. The lowest BCUT2D eigenvalue weighted by atomic mass is 9.95. The summed E-state index contributed by atoms with van der Waals surface area (Å²) in [6, 6.07) is 9.70. The summed E-state index contributed by atoms with van der Waals surface area (Å²) < 4.78 is 36.0. The molecule has 1 aliphatic heterocycles. The van der Waals surface area contributed by atoms with Gasteiger partial charge in [0.15, 0.2) is 9.84 Å². The summed E-state index contributed by atoms with van der Waals surface area (Å²) in [6.07, 6.45) is 0. The number of aryl methyl sites for hydroxylation is 1. The van der Waals surface area contributed by atoms with Crippen molar-refractivity contribution >= 4 is 33.4 Å². The fourth-order valence-electron chi connectivity index (χ4n) is 3.21. The summed E-state index contributed by atoms with van der Waals surface area (Å²) in [6.45, 7) is 1.90. The monoisotopic (exact) mass is 464 g/mol. The molecule has 0 bridgehead atoms. The van der Waals surface area contributed by atoms with Crippen molar-refractivity contribution in [3.05, 3.63) is 69.9 Å². The van der Waals surface area contributed by atoms with Crippen LogP contribution in [0.1, 0.15) is 17.2 Å². The lowest BCUT2D eigenvalue weighted by Crippen LogP contribution is -2.47. The highest BCUT2D eigenvalue weighted by atomic mass is 35.5. The number of carbonyl (C=O) groups is 2. The molecule has 164 valence electrons. The maximum absolute atomic E-state index is 13.0. The van der Waals surface area contributed by atoms with Gasteiger partial charge < -0.3 is 20.1 Å². The Morgan fingerprint density at radius 3 is 2.39 bits per heavy atom. The van der Waals surface area contributed by atoms with Crippen LogP contribution in [0.4, 0.5) is 4.79 Å².